The van der Waals surface area contributed by atoms with Crippen LogP contribution in [0.2, 0.25) is 0 Å². The van der Waals surface area contributed by atoms with Crippen molar-refractivity contribution in [1.29, 1.82) is 0 Å². The first kappa shape index (κ1) is 19.6. The first-order valence-corrected chi connectivity index (χ1v) is 10.7. The number of guanidine groups is 1. The molecule has 1 aliphatic heterocycles. The van der Waals surface area contributed by atoms with E-state index >= 15 is 0 Å². The van der Waals surface area contributed by atoms with Gasteiger partial charge in [0, 0.05) is 51.2 Å². The van der Waals surface area contributed by atoms with Crippen LogP contribution in [0, 0.1) is 6.92 Å². The maximum Gasteiger partial charge on any atom is 0.191 e. The Hall–Kier alpha value is -2.15. The van der Waals surface area contributed by atoms with Crippen molar-refractivity contribution in [3.63, 3.8) is 0 Å². The summed E-state index contributed by atoms with van der Waals surface area (Å²) in [5.74, 6) is 1.90. The highest BCUT2D eigenvalue weighted by molar-refractivity contribution is 7.09. The zero-order valence-electron chi connectivity index (χ0n) is 16.4. The maximum atomic E-state index is 4.67. The SMILES string of the molecule is CN=C(NCCc1csc(C)n1)NCc1ccc(N2CCCCCC2)nc1. The number of nitrogens with zero attached hydrogens (tertiary/aromatic N) is 4. The molecular formula is C20H30N6S. The highest BCUT2D eigenvalue weighted by Gasteiger charge is 2.10. The standard InChI is InChI=1S/C20H30N6S/c1-16-25-18(15-27-16)9-10-22-20(21-2)24-14-17-7-8-19(23-13-17)26-11-5-3-4-6-12-26/h7-8,13,15H,3-6,9-12,14H2,1-2H3,(H2,21,22,24). The van der Waals surface area contributed by atoms with E-state index in [2.05, 4.69) is 48.0 Å². The van der Waals surface area contributed by atoms with E-state index in [4.69, 9.17) is 0 Å². The fraction of sp³-hybridized carbons (Fsp3) is 0.550. The lowest BCUT2D eigenvalue weighted by molar-refractivity contribution is 0.726. The lowest BCUT2D eigenvalue weighted by Gasteiger charge is -2.21. The van der Waals surface area contributed by atoms with Crippen molar-refractivity contribution in [1.82, 2.24) is 20.6 Å². The topological polar surface area (TPSA) is 65.4 Å². The molecule has 0 aromatic carbocycles. The molecule has 1 fully saturated rings. The number of rotatable bonds is 6. The lowest BCUT2D eigenvalue weighted by atomic mass is 10.2. The average molecular weight is 387 g/mol. The molecule has 7 heteroatoms. The van der Waals surface area contributed by atoms with Gasteiger partial charge in [-0.2, -0.15) is 0 Å². The summed E-state index contributed by atoms with van der Waals surface area (Å²) in [5, 5.41) is 9.93. The number of nitrogens with one attached hydrogen (secondary N) is 2. The molecule has 2 aromatic heterocycles. The summed E-state index contributed by atoms with van der Waals surface area (Å²) in [4.78, 5) is 15.9. The number of hydrogen-bond donors (Lipinski definition) is 2. The zero-order chi connectivity index (χ0) is 18.9. The molecule has 0 atom stereocenters. The van der Waals surface area contributed by atoms with Crippen molar-refractivity contribution in [3.05, 3.63) is 40.0 Å². The van der Waals surface area contributed by atoms with Gasteiger partial charge in [-0.25, -0.2) is 9.97 Å². The number of hydrogen-bond acceptors (Lipinski definition) is 5. The van der Waals surface area contributed by atoms with Gasteiger partial charge < -0.3 is 15.5 Å². The van der Waals surface area contributed by atoms with Gasteiger partial charge in [-0.3, -0.25) is 4.99 Å². The van der Waals surface area contributed by atoms with Crippen LogP contribution in [0.1, 0.15) is 41.9 Å². The second kappa shape index (κ2) is 10.3. The Morgan fingerprint density at radius 1 is 1.19 bits per heavy atom. The summed E-state index contributed by atoms with van der Waals surface area (Å²) in [6, 6.07) is 4.30. The second-order valence-corrected chi connectivity index (χ2v) is 7.95. The molecule has 3 rings (SSSR count). The Balaban J connectivity index is 1.43. The first-order chi connectivity index (χ1) is 13.2. The summed E-state index contributed by atoms with van der Waals surface area (Å²) in [5.41, 5.74) is 2.29. The molecule has 1 aliphatic rings. The Bertz CT molecular complexity index is 716. The Morgan fingerprint density at radius 3 is 2.63 bits per heavy atom. The predicted octanol–water partition coefficient (Wildman–Crippen LogP) is 3.13. The van der Waals surface area contributed by atoms with Gasteiger partial charge in [0.1, 0.15) is 5.82 Å². The fourth-order valence-electron chi connectivity index (χ4n) is 3.25. The predicted molar refractivity (Wildman–Crippen MR) is 114 cm³/mol. The second-order valence-electron chi connectivity index (χ2n) is 6.89. The van der Waals surface area contributed by atoms with Gasteiger partial charge in [0.2, 0.25) is 0 Å². The van der Waals surface area contributed by atoms with Gasteiger partial charge in [-0.15, -0.1) is 11.3 Å². The van der Waals surface area contributed by atoms with Crippen LogP contribution in [0.3, 0.4) is 0 Å². The average Bonchev–Trinajstić information content (AvgIpc) is 2.94. The molecule has 27 heavy (non-hydrogen) atoms. The van der Waals surface area contributed by atoms with E-state index < -0.39 is 0 Å². The highest BCUT2D eigenvalue weighted by atomic mass is 32.1. The van der Waals surface area contributed by atoms with Gasteiger partial charge in [-0.1, -0.05) is 18.9 Å². The molecule has 6 nitrogen and oxygen atoms in total. The molecule has 146 valence electrons. The largest absolute Gasteiger partial charge is 0.357 e. The summed E-state index contributed by atoms with van der Waals surface area (Å²) in [6.45, 7) is 5.81. The maximum absolute atomic E-state index is 4.67. The van der Waals surface area contributed by atoms with Crippen LogP contribution in [0.5, 0.6) is 0 Å². The van der Waals surface area contributed by atoms with E-state index in [1.54, 1.807) is 18.4 Å². The van der Waals surface area contributed by atoms with Gasteiger partial charge in [-0.05, 0) is 31.4 Å². The molecule has 2 aromatic rings. The number of pyridine rings is 1. The van der Waals surface area contributed by atoms with Crippen molar-refractivity contribution in [3.8, 4) is 0 Å². The third-order valence-corrected chi connectivity index (χ3v) is 5.59. The molecule has 1 saturated heterocycles. The van der Waals surface area contributed by atoms with E-state index in [1.807, 2.05) is 13.1 Å². The van der Waals surface area contributed by atoms with Crippen LogP contribution >= 0.6 is 11.3 Å². The van der Waals surface area contributed by atoms with E-state index in [-0.39, 0.29) is 0 Å². The summed E-state index contributed by atoms with van der Waals surface area (Å²) in [6.07, 6.45) is 8.09. The summed E-state index contributed by atoms with van der Waals surface area (Å²) in [7, 11) is 1.79. The van der Waals surface area contributed by atoms with Crippen LogP contribution in [-0.4, -0.2) is 42.6 Å². The van der Waals surface area contributed by atoms with Gasteiger partial charge in [0.05, 0.1) is 10.7 Å². The molecule has 2 N–H and O–H groups in total. The molecule has 0 spiro atoms. The van der Waals surface area contributed by atoms with Gasteiger partial charge >= 0.3 is 0 Å². The quantitative estimate of drug-likeness (QED) is 0.590. The smallest absolute Gasteiger partial charge is 0.191 e. The fourth-order valence-corrected chi connectivity index (χ4v) is 3.89. The van der Waals surface area contributed by atoms with Crippen molar-refractivity contribution < 1.29 is 0 Å². The number of aryl methyl sites for hydroxylation is 1. The molecule has 0 radical (unpaired) electrons. The van der Waals surface area contributed by atoms with E-state index in [0.717, 1.165) is 54.1 Å². The van der Waals surface area contributed by atoms with Gasteiger partial charge in [0.25, 0.3) is 0 Å². The minimum Gasteiger partial charge on any atom is -0.357 e. The number of thiazole rings is 1. The molecule has 0 saturated carbocycles. The van der Waals surface area contributed by atoms with Gasteiger partial charge in [0.15, 0.2) is 5.96 Å². The molecule has 0 unspecified atom stereocenters. The highest BCUT2D eigenvalue weighted by Crippen LogP contribution is 2.17. The monoisotopic (exact) mass is 386 g/mol. The van der Waals surface area contributed by atoms with E-state index in [9.17, 15) is 0 Å². The molecular weight excluding hydrogens is 356 g/mol. The lowest BCUT2D eigenvalue weighted by Crippen LogP contribution is -2.37. The molecule has 0 amide bonds. The number of aromatic nitrogens is 2. The third-order valence-electron chi connectivity index (χ3n) is 4.76. The van der Waals surface area contributed by atoms with Crippen LogP contribution < -0.4 is 15.5 Å². The molecule has 0 aliphatic carbocycles. The van der Waals surface area contributed by atoms with Crippen LogP contribution in [-0.2, 0) is 13.0 Å². The zero-order valence-corrected chi connectivity index (χ0v) is 17.2. The van der Waals surface area contributed by atoms with Crippen molar-refractivity contribution in [2.24, 2.45) is 4.99 Å². The van der Waals surface area contributed by atoms with Crippen molar-refractivity contribution in [2.75, 3.05) is 31.6 Å². The Kier molecular flexibility index (Phi) is 7.45. The molecule has 3 heterocycles. The summed E-state index contributed by atoms with van der Waals surface area (Å²) >= 11 is 1.69. The third kappa shape index (κ3) is 6.20. The van der Waals surface area contributed by atoms with Crippen LogP contribution in [0.15, 0.2) is 28.7 Å². The number of anilines is 1. The minimum atomic E-state index is 0.711. The van der Waals surface area contributed by atoms with E-state index in [0.29, 0.717) is 6.54 Å². The summed E-state index contributed by atoms with van der Waals surface area (Å²) < 4.78 is 0. The minimum absolute atomic E-state index is 0.711. The Labute approximate surface area is 166 Å². The van der Waals surface area contributed by atoms with Crippen LogP contribution in [0.25, 0.3) is 0 Å². The Morgan fingerprint density at radius 2 is 2.00 bits per heavy atom. The van der Waals surface area contributed by atoms with E-state index in [1.165, 1.54) is 25.7 Å². The van der Waals surface area contributed by atoms with Crippen molar-refractivity contribution >= 4 is 23.1 Å². The molecule has 0 bridgehead atoms. The van der Waals surface area contributed by atoms with Crippen molar-refractivity contribution in [2.45, 2.75) is 45.6 Å². The normalized spacial score (nSPS) is 15.5. The number of aliphatic imine (C=N–C) groups is 1. The van der Waals surface area contributed by atoms with Crippen LogP contribution in [0.4, 0.5) is 5.82 Å². The first-order valence-electron chi connectivity index (χ1n) is 9.80.